The van der Waals surface area contributed by atoms with Crippen LogP contribution in [-0.4, -0.2) is 45.3 Å². The van der Waals surface area contributed by atoms with E-state index in [-0.39, 0.29) is 12.0 Å². The lowest BCUT2D eigenvalue weighted by Gasteiger charge is -2.22. The van der Waals surface area contributed by atoms with Crippen LogP contribution in [0, 0.1) is 11.8 Å². The first kappa shape index (κ1) is 24.6. The van der Waals surface area contributed by atoms with Crippen LogP contribution in [0.5, 0.6) is 0 Å². The van der Waals surface area contributed by atoms with Crippen LogP contribution in [0.25, 0.3) is 10.4 Å². The van der Waals surface area contributed by atoms with E-state index >= 15 is 0 Å². The molecule has 4 rings (SSSR count). The Morgan fingerprint density at radius 1 is 1.18 bits per heavy atom. The maximum absolute atomic E-state index is 12.2. The van der Waals surface area contributed by atoms with Gasteiger partial charge in [0.1, 0.15) is 11.6 Å². The summed E-state index contributed by atoms with van der Waals surface area (Å²) >= 11 is 1.59. The fourth-order valence-corrected chi connectivity index (χ4v) is 5.46. The summed E-state index contributed by atoms with van der Waals surface area (Å²) in [5.41, 5.74) is 8.51. The first-order valence-corrected chi connectivity index (χ1v) is 14.1. The van der Waals surface area contributed by atoms with Crippen molar-refractivity contribution in [1.82, 2.24) is 9.97 Å². The highest BCUT2D eigenvalue weighted by molar-refractivity contribution is 7.92. The van der Waals surface area contributed by atoms with E-state index in [0.29, 0.717) is 11.7 Å². The van der Waals surface area contributed by atoms with Crippen LogP contribution in [0.3, 0.4) is 0 Å². The van der Waals surface area contributed by atoms with Crippen molar-refractivity contribution in [3.8, 4) is 10.4 Å². The number of thiazole rings is 1. The second-order valence-corrected chi connectivity index (χ2v) is 12.5. The van der Waals surface area contributed by atoms with Gasteiger partial charge in [0.25, 0.3) is 0 Å². The molecular formula is C25H33N5O2S2. The van der Waals surface area contributed by atoms with Gasteiger partial charge in [-0.15, -0.1) is 11.3 Å². The summed E-state index contributed by atoms with van der Waals surface area (Å²) in [6, 6.07) is 13.7. The van der Waals surface area contributed by atoms with Crippen LogP contribution in [0.1, 0.15) is 42.8 Å². The van der Waals surface area contributed by atoms with E-state index in [1.807, 2.05) is 55.7 Å². The summed E-state index contributed by atoms with van der Waals surface area (Å²) in [5, 5.41) is 0.947. The second-order valence-electron chi connectivity index (χ2n) is 9.44. The zero-order chi connectivity index (χ0) is 24.6. The minimum absolute atomic E-state index is 0.0413. The van der Waals surface area contributed by atoms with Gasteiger partial charge in [0.2, 0.25) is 10.0 Å². The van der Waals surface area contributed by atoms with Crippen LogP contribution in [0.15, 0.2) is 48.7 Å². The number of nitrogens with two attached hydrogens (primary N) is 1. The van der Waals surface area contributed by atoms with Crippen LogP contribution >= 0.6 is 11.3 Å². The number of sulfonamides is 1. The Morgan fingerprint density at radius 2 is 1.82 bits per heavy atom. The molecule has 0 spiro atoms. The topological polar surface area (TPSA) is 92.4 Å². The lowest BCUT2D eigenvalue weighted by atomic mass is 9.96. The van der Waals surface area contributed by atoms with Gasteiger partial charge in [-0.3, -0.25) is 4.31 Å². The smallest absolute Gasteiger partial charge is 0.233 e. The van der Waals surface area contributed by atoms with Gasteiger partial charge >= 0.3 is 0 Å². The monoisotopic (exact) mass is 499 g/mol. The standard InChI is InChI=1S/C25H33N5O2S2/c1-16-11-20(16)15-29(3)22-12-19(13-23(28-22)30(4)34(5,31)32)21-14-27-25(33-21)17(2)24(26)18-9-7-6-8-10-18/h6-10,12-14,16-17,20,24H,11,15,26H2,1-5H3/t16?,17-,20?,24?/m1/s1. The zero-order valence-corrected chi connectivity index (χ0v) is 22.0. The molecule has 4 atom stereocenters. The first-order chi connectivity index (χ1) is 16.0. The Hall–Kier alpha value is -2.49. The number of rotatable bonds is 9. The molecule has 7 nitrogen and oxygen atoms in total. The molecule has 2 N–H and O–H groups in total. The minimum Gasteiger partial charge on any atom is -0.359 e. The average Bonchev–Trinajstić information content (AvgIpc) is 3.30. The molecule has 1 aliphatic carbocycles. The lowest BCUT2D eigenvalue weighted by molar-refractivity contribution is 0.595. The molecule has 9 heteroatoms. The number of benzene rings is 1. The average molecular weight is 500 g/mol. The fourth-order valence-electron chi connectivity index (χ4n) is 4.02. The fraction of sp³-hybridized carbons (Fsp3) is 0.440. The van der Waals surface area contributed by atoms with Crippen LogP contribution in [-0.2, 0) is 10.0 Å². The quantitative estimate of drug-likeness (QED) is 0.466. The first-order valence-electron chi connectivity index (χ1n) is 11.5. The molecule has 1 fully saturated rings. The summed E-state index contributed by atoms with van der Waals surface area (Å²) in [6.45, 7) is 5.24. The maximum Gasteiger partial charge on any atom is 0.233 e. The molecule has 0 saturated heterocycles. The molecule has 0 radical (unpaired) electrons. The zero-order valence-electron chi connectivity index (χ0n) is 20.3. The van der Waals surface area contributed by atoms with Crippen LogP contribution in [0.2, 0.25) is 0 Å². The third-order valence-electron chi connectivity index (χ3n) is 6.71. The van der Waals surface area contributed by atoms with E-state index in [0.717, 1.165) is 39.3 Å². The van der Waals surface area contributed by atoms with Gasteiger partial charge < -0.3 is 10.6 Å². The van der Waals surface area contributed by atoms with Gasteiger partial charge in [-0.25, -0.2) is 18.4 Å². The van der Waals surface area contributed by atoms with Crippen molar-refractivity contribution in [1.29, 1.82) is 0 Å². The summed E-state index contributed by atoms with van der Waals surface area (Å²) < 4.78 is 25.7. The highest BCUT2D eigenvalue weighted by atomic mass is 32.2. The molecule has 3 unspecified atom stereocenters. The lowest BCUT2D eigenvalue weighted by Crippen LogP contribution is -2.27. The van der Waals surface area contributed by atoms with Crippen molar-refractivity contribution >= 4 is 33.0 Å². The van der Waals surface area contributed by atoms with Crippen molar-refractivity contribution in [2.75, 3.05) is 36.1 Å². The molecule has 34 heavy (non-hydrogen) atoms. The molecule has 182 valence electrons. The predicted octanol–water partition coefficient (Wildman–Crippen LogP) is 4.50. The predicted molar refractivity (Wildman–Crippen MR) is 141 cm³/mol. The Labute approximate surface area is 206 Å². The third kappa shape index (κ3) is 5.42. The highest BCUT2D eigenvalue weighted by Gasteiger charge is 2.33. The van der Waals surface area contributed by atoms with Crippen molar-refractivity contribution < 1.29 is 8.42 Å². The number of pyridine rings is 1. The third-order valence-corrected chi connectivity index (χ3v) is 9.14. The van der Waals surface area contributed by atoms with Crippen molar-refractivity contribution in [2.24, 2.45) is 17.6 Å². The molecule has 0 aliphatic heterocycles. The number of hydrogen-bond acceptors (Lipinski definition) is 7. The molecule has 3 aromatic rings. The Bertz CT molecular complexity index is 1250. The van der Waals surface area contributed by atoms with E-state index in [1.165, 1.54) is 24.0 Å². The summed E-state index contributed by atoms with van der Waals surface area (Å²) in [5.74, 6) is 2.57. The molecule has 2 aromatic heterocycles. The molecule has 2 heterocycles. The van der Waals surface area contributed by atoms with Gasteiger partial charge in [-0.2, -0.15) is 0 Å². The second kappa shape index (κ2) is 9.64. The molecule has 0 amide bonds. The van der Waals surface area contributed by atoms with Gasteiger partial charge in [0, 0.05) is 44.4 Å². The van der Waals surface area contributed by atoms with Crippen LogP contribution in [0.4, 0.5) is 11.6 Å². The highest BCUT2D eigenvalue weighted by Crippen LogP contribution is 2.40. The molecule has 0 bridgehead atoms. The SMILES string of the molecule is CC1CC1CN(C)c1cc(-c2cnc([C@H](C)C(N)c3ccccc3)s2)cc(N(C)S(C)(=O)=O)n1. The maximum atomic E-state index is 12.2. The largest absolute Gasteiger partial charge is 0.359 e. The van der Waals surface area contributed by atoms with E-state index in [1.54, 1.807) is 11.3 Å². The number of hydrogen-bond donors (Lipinski definition) is 1. The van der Waals surface area contributed by atoms with E-state index in [2.05, 4.69) is 28.7 Å². The van der Waals surface area contributed by atoms with Crippen molar-refractivity contribution in [3.63, 3.8) is 0 Å². The minimum atomic E-state index is -3.44. The van der Waals surface area contributed by atoms with Gasteiger partial charge in [0.15, 0.2) is 0 Å². The number of aromatic nitrogens is 2. The molecule has 1 saturated carbocycles. The normalized spacial score (nSPS) is 19.5. The van der Waals surface area contributed by atoms with E-state index < -0.39 is 10.0 Å². The number of nitrogens with zero attached hydrogens (tertiary/aromatic N) is 4. The Kier molecular flexibility index (Phi) is 6.98. The molecule has 1 aromatic carbocycles. The molecule has 1 aliphatic rings. The van der Waals surface area contributed by atoms with Crippen molar-refractivity contribution in [2.45, 2.75) is 32.2 Å². The summed E-state index contributed by atoms with van der Waals surface area (Å²) in [4.78, 5) is 12.4. The Morgan fingerprint density at radius 3 is 2.44 bits per heavy atom. The van der Waals surface area contributed by atoms with E-state index in [9.17, 15) is 8.42 Å². The number of anilines is 2. The summed E-state index contributed by atoms with van der Waals surface area (Å²) in [6.07, 6.45) is 4.26. The molecular weight excluding hydrogens is 466 g/mol. The Balaban J connectivity index is 1.66. The van der Waals surface area contributed by atoms with E-state index in [4.69, 9.17) is 5.73 Å². The van der Waals surface area contributed by atoms with Gasteiger partial charge in [-0.05, 0) is 36.0 Å². The summed E-state index contributed by atoms with van der Waals surface area (Å²) in [7, 11) is 0.106. The van der Waals surface area contributed by atoms with Gasteiger partial charge in [0.05, 0.1) is 16.1 Å². The van der Waals surface area contributed by atoms with Gasteiger partial charge in [-0.1, -0.05) is 44.2 Å². The van der Waals surface area contributed by atoms with Crippen LogP contribution < -0.4 is 14.9 Å². The van der Waals surface area contributed by atoms with Crippen molar-refractivity contribution in [3.05, 3.63) is 59.2 Å².